The summed E-state index contributed by atoms with van der Waals surface area (Å²) in [5, 5.41) is 0. The Hall–Kier alpha value is -1.30. The highest BCUT2D eigenvalue weighted by atomic mass is 14.3. The van der Waals surface area contributed by atoms with Crippen molar-refractivity contribution in [2.24, 2.45) is 11.8 Å². The van der Waals surface area contributed by atoms with Gasteiger partial charge in [-0.1, -0.05) is 67.7 Å². The van der Waals surface area contributed by atoms with Gasteiger partial charge < -0.3 is 0 Å². The Bertz CT molecular complexity index is 339. The van der Waals surface area contributed by atoms with Gasteiger partial charge in [0.2, 0.25) is 0 Å². The first-order valence-electron chi connectivity index (χ1n) is 5.97. The first kappa shape index (κ1) is 12.8. The zero-order valence-electron chi connectivity index (χ0n) is 10.4. The van der Waals surface area contributed by atoms with Crippen molar-refractivity contribution >= 4 is 0 Å². The molecule has 1 aliphatic carbocycles. The normalized spacial score (nSPS) is 28.9. The molecule has 0 aromatic carbocycles. The molecule has 0 aliphatic heterocycles. The smallest absolute Gasteiger partial charge is 0.00477 e. The fourth-order valence-corrected chi connectivity index (χ4v) is 2.32. The van der Waals surface area contributed by atoms with Crippen LogP contribution in [0.5, 0.6) is 0 Å². The van der Waals surface area contributed by atoms with Gasteiger partial charge >= 0.3 is 0 Å². The summed E-state index contributed by atoms with van der Waals surface area (Å²) in [5.74, 6) is 1.12. The van der Waals surface area contributed by atoms with Crippen molar-refractivity contribution in [2.45, 2.75) is 26.7 Å². The number of allylic oxidation sites excluding steroid dienone is 8. The molecule has 0 saturated heterocycles. The molecule has 0 bridgehead atoms. The van der Waals surface area contributed by atoms with Gasteiger partial charge in [0.15, 0.2) is 0 Å². The molecular formula is C16H22. The van der Waals surface area contributed by atoms with E-state index in [1.807, 2.05) is 12.2 Å². The van der Waals surface area contributed by atoms with E-state index >= 15 is 0 Å². The molecule has 0 fully saturated rings. The lowest BCUT2D eigenvalue weighted by Crippen LogP contribution is -2.10. The van der Waals surface area contributed by atoms with Gasteiger partial charge in [0.25, 0.3) is 0 Å². The lowest BCUT2D eigenvalue weighted by molar-refractivity contribution is 0.596. The summed E-state index contributed by atoms with van der Waals surface area (Å²) in [7, 11) is 0. The molecule has 0 aromatic heterocycles. The molecule has 0 amide bonds. The molecule has 0 saturated carbocycles. The van der Waals surface area contributed by atoms with Gasteiger partial charge in [-0.25, -0.2) is 0 Å². The van der Waals surface area contributed by atoms with Gasteiger partial charge in [-0.3, -0.25) is 0 Å². The van der Waals surface area contributed by atoms with Crippen molar-refractivity contribution in [3.05, 3.63) is 60.8 Å². The molecular weight excluding hydrogens is 192 g/mol. The van der Waals surface area contributed by atoms with Gasteiger partial charge in [0, 0.05) is 5.92 Å². The maximum Gasteiger partial charge on any atom is 0.00477 e. The Morgan fingerprint density at radius 2 is 1.94 bits per heavy atom. The van der Waals surface area contributed by atoms with Crippen LogP contribution in [0, 0.1) is 11.8 Å². The van der Waals surface area contributed by atoms with Crippen LogP contribution in [-0.2, 0) is 0 Å². The van der Waals surface area contributed by atoms with E-state index in [0.717, 1.165) is 12.8 Å². The SMILES string of the molecule is C=C/C=C1/C(C)CC=CCC1/C(C)=C/C=C. The van der Waals surface area contributed by atoms with E-state index in [1.54, 1.807) is 0 Å². The maximum atomic E-state index is 3.82. The molecule has 0 aromatic rings. The minimum atomic E-state index is 0.518. The predicted molar refractivity (Wildman–Crippen MR) is 73.3 cm³/mol. The van der Waals surface area contributed by atoms with Crippen LogP contribution in [0.25, 0.3) is 0 Å². The van der Waals surface area contributed by atoms with Crippen LogP contribution < -0.4 is 0 Å². The second-order valence-electron chi connectivity index (χ2n) is 4.45. The summed E-state index contributed by atoms with van der Waals surface area (Å²) in [6, 6.07) is 0. The topological polar surface area (TPSA) is 0 Å². The number of hydrogen-bond donors (Lipinski definition) is 0. The van der Waals surface area contributed by atoms with Crippen molar-refractivity contribution in [1.82, 2.24) is 0 Å². The zero-order valence-corrected chi connectivity index (χ0v) is 10.4. The molecule has 0 N–H and O–H groups in total. The molecule has 2 atom stereocenters. The van der Waals surface area contributed by atoms with Gasteiger partial charge in [0.1, 0.15) is 0 Å². The molecule has 0 heteroatoms. The highest BCUT2D eigenvalue weighted by Crippen LogP contribution is 2.34. The average molecular weight is 214 g/mol. The third-order valence-electron chi connectivity index (χ3n) is 3.24. The highest BCUT2D eigenvalue weighted by molar-refractivity contribution is 5.29. The Morgan fingerprint density at radius 3 is 2.56 bits per heavy atom. The summed E-state index contributed by atoms with van der Waals surface area (Å²) in [5.41, 5.74) is 2.89. The quantitative estimate of drug-likeness (QED) is 0.466. The monoisotopic (exact) mass is 214 g/mol. The van der Waals surface area contributed by atoms with Crippen molar-refractivity contribution in [2.75, 3.05) is 0 Å². The summed E-state index contributed by atoms with van der Waals surface area (Å²) < 4.78 is 0. The minimum absolute atomic E-state index is 0.518. The summed E-state index contributed by atoms with van der Waals surface area (Å²) in [4.78, 5) is 0. The van der Waals surface area contributed by atoms with E-state index < -0.39 is 0 Å². The van der Waals surface area contributed by atoms with Crippen molar-refractivity contribution < 1.29 is 0 Å². The number of rotatable bonds is 3. The zero-order chi connectivity index (χ0) is 12.0. The first-order valence-corrected chi connectivity index (χ1v) is 5.97. The third-order valence-corrected chi connectivity index (χ3v) is 3.24. The van der Waals surface area contributed by atoms with E-state index in [0.29, 0.717) is 11.8 Å². The number of hydrogen-bond acceptors (Lipinski definition) is 0. The van der Waals surface area contributed by atoms with E-state index in [4.69, 9.17) is 0 Å². The highest BCUT2D eigenvalue weighted by Gasteiger charge is 2.20. The maximum absolute atomic E-state index is 3.82. The van der Waals surface area contributed by atoms with E-state index in [2.05, 4.69) is 51.3 Å². The molecule has 1 rings (SSSR count). The first-order chi connectivity index (χ1) is 7.70. The average Bonchev–Trinajstić information content (AvgIpc) is 2.43. The molecule has 0 spiro atoms. The fourth-order valence-electron chi connectivity index (χ4n) is 2.32. The van der Waals surface area contributed by atoms with Crippen LogP contribution in [0.4, 0.5) is 0 Å². The van der Waals surface area contributed by atoms with E-state index in [9.17, 15) is 0 Å². The molecule has 16 heavy (non-hydrogen) atoms. The molecule has 0 radical (unpaired) electrons. The molecule has 86 valence electrons. The minimum Gasteiger partial charge on any atom is -0.0991 e. The fraction of sp³-hybridized carbons (Fsp3) is 0.375. The van der Waals surface area contributed by atoms with Crippen LogP contribution in [0.15, 0.2) is 60.8 Å². The Kier molecular flexibility index (Phi) is 5.04. The van der Waals surface area contributed by atoms with Crippen molar-refractivity contribution in [3.63, 3.8) is 0 Å². The molecule has 0 heterocycles. The van der Waals surface area contributed by atoms with E-state index in [1.165, 1.54) is 11.1 Å². The van der Waals surface area contributed by atoms with Crippen molar-refractivity contribution in [3.8, 4) is 0 Å². The van der Waals surface area contributed by atoms with Gasteiger partial charge in [0.05, 0.1) is 0 Å². The van der Waals surface area contributed by atoms with E-state index in [-0.39, 0.29) is 0 Å². The molecule has 0 nitrogen and oxygen atoms in total. The standard InChI is InChI=1S/C16H22/c1-5-9-13(3)16-12-8-7-11-14(4)15(16)10-6-2/h5-10,14,16H,1-2,11-12H2,3-4H3/b13-9+,15-10-. The Morgan fingerprint density at radius 1 is 1.25 bits per heavy atom. The van der Waals surface area contributed by atoms with Crippen LogP contribution in [0.2, 0.25) is 0 Å². The van der Waals surface area contributed by atoms with Crippen LogP contribution in [0.1, 0.15) is 26.7 Å². The van der Waals surface area contributed by atoms with Crippen LogP contribution >= 0.6 is 0 Å². The Labute approximate surface area is 99.8 Å². The van der Waals surface area contributed by atoms with Crippen LogP contribution in [0.3, 0.4) is 0 Å². The van der Waals surface area contributed by atoms with Crippen molar-refractivity contribution in [1.29, 1.82) is 0 Å². The largest absolute Gasteiger partial charge is 0.0991 e. The molecule has 2 unspecified atom stereocenters. The summed E-state index contributed by atoms with van der Waals surface area (Å²) >= 11 is 0. The van der Waals surface area contributed by atoms with Gasteiger partial charge in [-0.2, -0.15) is 0 Å². The third kappa shape index (κ3) is 3.10. The lowest BCUT2D eigenvalue weighted by atomic mass is 9.82. The molecule has 1 aliphatic rings. The summed E-state index contributed by atoms with van der Waals surface area (Å²) in [6.07, 6.45) is 14.9. The van der Waals surface area contributed by atoms with Crippen LogP contribution in [-0.4, -0.2) is 0 Å². The van der Waals surface area contributed by atoms with Gasteiger partial charge in [-0.15, -0.1) is 0 Å². The lowest BCUT2D eigenvalue weighted by Gasteiger charge is -2.22. The Balaban J connectivity index is 3.05. The predicted octanol–water partition coefficient (Wildman–Crippen LogP) is 4.83. The van der Waals surface area contributed by atoms with Gasteiger partial charge in [-0.05, 0) is 25.7 Å². The second-order valence-corrected chi connectivity index (χ2v) is 4.45. The summed E-state index contributed by atoms with van der Waals surface area (Å²) in [6.45, 7) is 12.1. The second kappa shape index (κ2) is 6.32.